The second-order valence-electron chi connectivity index (χ2n) is 9.22. The maximum atomic E-state index is 5.06. The summed E-state index contributed by atoms with van der Waals surface area (Å²) in [7, 11) is 9.59. The number of rotatable bonds is 0. The first-order valence-corrected chi connectivity index (χ1v) is 15.2. The van der Waals surface area contributed by atoms with Gasteiger partial charge >= 0.3 is 33.3 Å². The van der Waals surface area contributed by atoms with E-state index in [9.17, 15) is 0 Å². The summed E-state index contributed by atoms with van der Waals surface area (Å²) >= 11 is 0.00694. The van der Waals surface area contributed by atoms with E-state index in [1.807, 2.05) is 0 Å². The van der Waals surface area contributed by atoms with Gasteiger partial charge in [0.1, 0.15) is 0 Å². The Bertz CT molecular complexity index is 603. The summed E-state index contributed by atoms with van der Waals surface area (Å²) in [5, 5.41) is 15.5. The number of hydrogen-bond acceptors (Lipinski definition) is 5. The van der Waals surface area contributed by atoms with Crippen molar-refractivity contribution >= 4 is 20.2 Å². The summed E-state index contributed by atoms with van der Waals surface area (Å²) in [5.41, 5.74) is 2.34. The topological polar surface area (TPSA) is 61.0 Å². The molecule has 0 amide bonds. The molecule has 1 aromatic rings. The number of nitrogens with zero attached hydrogens (tertiary/aromatic N) is 1. The number of aromatic nitrogens is 1. The van der Waals surface area contributed by atoms with E-state index in [-0.39, 0.29) is 25.2 Å². The Morgan fingerprint density at radius 1 is 0.742 bits per heavy atom. The van der Waals surface area contributed by atoms with Gasteiger partial charge < -0.3 is 21.3 Å². The van der Waals surface area contributed by atoms with Gasteiger partial charge in [-0.15, -0.1) is 0 Å². The van der Waals surface area contributed by atoms with Crippen molar-refractivity contribution in [3.8, 4) is 0 Å². The summed E-state index contributed by atoms with van der Waals surface area (Å²) in [6, 6.07) is 9.34. The van der Waals surface area contributed by atoms with Crippen LogP contribution >= 0.6 is 20.2 Å². The van der Waals surface area contributed by atoms with Crippen LogP contribution in [0.4, 0.5) is 0 Å². The minimum absolute atomic E-state index is 0.00694. The van der Waals surface area contributed by atoms with Crippen molar-refractivity contribution < 1.29 is 13.1 Å². The monoisotopic (exact) mass is 510 g/mol. The van der Waals surface area contributed by atoms with Crippen LogP contribution in [-0.2, 0) is 13.1 Å². The van der Waals surface area contributed by atoms with E-state index in [0.717, 1.165) is 13.1 Å². The third-order valence-electron chi connectivity index (χ3n) is 7.08. The average Bonchev–Trinajstić information content (AvgIpc) is 2.79. The van der Waals surface area contributed by atoms with Gasteiger partial charge in [0, 0.05) is 49.3 Å². The summed E-state index contributed by atoms with van der Waals surface area (Å²) in [5.74, 6) is 0. The van der Waals surface area contributed by atoms with Crippen LogP contribution in [0.5, 0.6) is 0 Å². The summed E-state index contributed by atoms with van der Waals surface area (Å²) in [4.78, 5) is 5.06. The molecule has 2 fully saturated rings. The van der Waals surface area contributed by atoms with Crippen molar-refractivity contribution in [1.82, 2.24) is 26.3 Å². The third kappa shape index (κ3) is 7.82. The Morgan fingerprint density at radius 2 is 1.13 bits per heavy atom. The molecule has 8 heteroatoms. The number of halogens is 2. The van der Waals surface area contributed by atoms with Crippen molar-refractivity contribution in [3.05, 3.63) is 29.6 Å². The van der Waals surface area contributed by atoms with Gasteiger partial charge in [0.25, 0.3) is 0 Å². The van der Waals surface area contributed by atoms with Crippen LogP contribution in [-0.4, -0.2) is 42.2 Å². The molecule has 4 rings (SSSR count). The van der Waals surface area contributed by atoms with Gasteiger partial charge in [-0.1, -0.05) is 31.7 Å². The normalized spacial score (nSPS) is 34.7. The van der Waals surface area contributed by atoms with E-state index in [0.29, 0.717) is 24.2 Å². The zero-order chi connectivity index (χ0) is 22.1. The molecule has 0 saturated heterocycles. The molecular formula is C23H39Cl2MnN5. The van der Waals surface area contributed by atoms with Gasteiger partial charge in [-0.25, -0.2) is 0 Å². The van der Waals surface area contributed by atoms with Crippen LogP contribution in [0.15, 0.2) is 18.2 Å². The van der Waals surface area contributed by atoms with Crippen LogP contribution in [0.2, 0.25) is 0 Å². The molecule has 5 nitrogen and oxygen atoms in total. The molecule has 0 spiro atoms. The molecule has 0 unspecified atom stereocenters. The molecule has 0 aromatic carbocycles. The van der Waals surface area contributed by atoms with Crippen LogP contribution in [0.1, 0.15) is 88.7 Å². The molecule has 2 saturated carbocycles. The first-order chi connectivity index (χ1) is 15.1. The van der Waals surface area contributed by atoms with Crippen molar-refractivity contribution in [2.45, 2.75) is 101 Å². The molecule has 2 bridgehead atoms. The predicted octanol–water partition coefficient (Wildman–Crippen LogP) is 4.57. The molecule has 0 radical (unpaired) electrons. The Kier molecular flexibility index (Phi) is 11.4. The average molecular weight is 511 g/mol. The van der Waals surface area contributed by atoms with E-state index in [1.54, 1.807) is 0 Å². The molecule has 2 heterocycles. The molecular weight excluding hydrogens is 472 g/mol. The predicted molar refractivity (Wildman–Crippen MR) is 127 cm³/mol. The first kappa shape index (κ1) is 25.7. The van der Waals surface area contributed by atoms with Crippen LogP contribution in [0.3, 0.4) is 0 Å². The first-order valence-electron chi connectivity index (χ1n) is 11.9. The molecule has 6 atom stereocenters. The Labute approximate surface area is 203 Å². The van der Waals surface area contributed by atoms with Gasteiger partial charge in [-0.3, -0.25) is 4.98 Å². The maximum absolute atomic E-state index is 5.06. The Morgan fingerprint density at radius 3 is 1.55 bits per heavy atom. The fourth-order valence-electron chi connectivity index (χ4n) is 5.43. The van der Waals surface area contributed by atoms with Crippen molar-refractivity contribution in [1.29, 1.82) is 0 Å². The van der Waals surface area contributed by atoms with Crippen LogP contribution in [0.25, 0.3) is 0 Å². The molecule has 31 heavy (non-hydrogen) atoms. The third-order valence-corrected chi connectivity index (χ3v) is 7.08. The summed E-state index contributed by atoms with van der Waals surface area (Å²) < 4.78 is 0. The zero-order valence-corrected chi connectivity index (χ0v) is 21.5. The van der Waals surface area contributed by atoms with Crippen molar-refractivity contribution in [2.24, 2.45) is 0 Å². The van der Waals surface area contributed by atoms with Crippen molar-refractivity contribution in [3.63, 3.8) is 0 Å². The van der Waals surface area contributed by atoms with E-state index >= 15 is 0 Å². The standard InChI is InChI=1S/C23H39N5.2ClH.Mn/c1-16-18-12-7-13-19(28-18)17(2)27-23-11-6-4-9-21(23)25-15-14-24-20-8-3-5-10-22(20)26-16;;;/h7,12-13,16-17,20-27H,3-6,8-11,14-15H2,1-2H3;2*1H;/q;;;+2/p-2/t16-,17-,20+,21+,22+,23+;;;/m0.../s1. The van der Waals surface area contributed by atoms with E-state index in [4.69, 9.17) is 25.2 Å². The molecule has 2 aliphatic carbocycles. The number of nitrogens with one attached hydrogen (secondary N) is 4. The second kappa shape index (κ2) is 13.7. The minimum atomic E-state index is 0.00694. The number of pyridine rings is 1. The Balaban J connectivity index is 0.000000858. The van der Waals surface area contributed by atoms with Crippen molar-refractivity contribution in [2.75, 3.05) is 13.1 Å². The molecule has 3 aliphatic rings. The van der Waals surface area contributed by atoms with Gasteiger partial charge in [0.15, 0.2) is 0 Å². The molecule has 177 valence electrons. The molecule has 4 N–H and O–H groups in total. The van der Waals surface area contributed by atoms with E-state index in [2.05, 4.69) is 53.3 Å². The Hall–Kier alpha value is 0.0895. The zero-order valence-electron chi connectivity index (χ0n) is 18.8. The SMILES string of the molecule is C[C@@H]1N[C@@H]2CCCC[C@H]2NCCN[C@@H]2CCCC[C@H]2N[C@@H](C)c2cccc1n2.[Cl][Mn][Cl]. The molecule has 1 aliphatic heterocycles. The van der Waals surface area contributed by atoms with E-state index in [1.165, 1.54) is 62.8 Å². The number of fused-ring (bicyclic) bond motifs is 4. The summed E-state index contributed by atoms with van der Waals surface area (Å²) in [6.45, 7) is 6.66. The quantitative estimate of drug-likeness (QED) is 0.385. The fourth-order valence-corrected chi connectivity index (χ4v) is 5.43. The van der Waals surface area contributed by atoms with E-state index < -0.39 is 0 Å². The second-order valence-corrected chi connectivity index (χ2v) is 11.2. The fraction of sp³-hybridized carbons (Fsp3) is 0.783. The van der Waals surface area contributed by atoms with Crippen LogP contribution in [0, 0.1) is 0 Å². The van der Waals surface area contributed by atoms with Gasteiger partial charge in [0.2, 0.25) is 0 Å². The molecule has 1 aromatic heterocycles. The van der Waals surface area contributed by atoms with Crippen LogP contribution < -0.4 is 21.3 Å². The van der Waals surface area contributed by atoms with Gasteiger partial charge in [-0.05, 0) is 51.7 Å². The van der Waals surface area contributed by atoms with Gasteiger partial charge in [-0.2, -0.15) is 0 Å². The summed E-state index contributed by atoms with van der Waals surface area (Å²) in [6.07, 6.45) is 10.4. The number of hydrogen-bond donors (Lipinski definition) is 4. The van der Waals surface area contributed by atoms with Gasteiger partial charge in [0.05, 0.1) is 11.4 Å².